The zero-order chi connectivity index (χ0) is 13.8. The van der Waals surface area contributed by atoms with Crippen molar-refractivity contribution in [3.05, 3.63) is 44.0 Å². The van der Waals surface area contributed by atoms with Gasteiger partial charge >= 0.3 is 0 Å². The Morgan fingerprint density at radius 3 is 2.74 bits per heavy atom. The van der Waals surface area contributed by atoms with Crippen LogP contribution in [0.5, 0.6) is 5.75 Å². The molecule has 102 valence electrons. The summed E-state index contributed by atoms with van der Waals surface area (Å²) in [6, 6.07) is 10.2. The van der Waals surface area contributed by atoms with Crippen LogP contribution in [0.1, 0.15) is 24.8 Å². The molecule has 1 unspecified atom stereocenters. The summed E-state index contributed by atoms with van der Waals surface area (Å²) in [7, 11) is 0. The highest BCUT2D eigenvalue weighted by Gasteiger charge is 2.09. The van der Waals surface area contributed by atoms with E-state index in [1.165, 1.54) is 4.88 Å². The van der Waals surface area contributed by atoms with Crippen molar-refractivity contribution in [3.63, 3.8) is 0 Å². The third-order valence-electron chi connectivity index (χ3n) is 2.64. The lowest BCUT2D eigenvalue weighted by molar-refractivity contribution is 0.340. The van der Waals surface area contributed by atoms with Gasteiger partial charge in [-0.05, 0) is 60.1 Å². The number of nitrogens with one attached hydrogen (secondary N) is 1. The lowest BCUT2D eigenvalue weighted by Gasteiger charge is -2.15. The van der Waals surface area contributed by atoms with Crippen LogP contribution in [0, 0.1) is 0 Å². The van der Waals surface area contributed by atoms with Crippen LogP contribution in [-0.2, 0) is 0 Å². The van der Waals surface area contributed by atoms with Gasteiger partial charge in [0.2, 0.25) is 0 Å². The van der Waals surface area contributed by atoms with E-state index >= 15 is 0 Å². The Labute approximate surface area is 130 Å². The minimum atomic E-state index is 0.241. The van der Waals surface area contributed by atoms with Crippen molar-refractivity contribution in [2.24, 2.45) is 0 Å². The molecular weight excluding hydrogens is 346 g/mol. The molecule has 0 amide bonds. The smallest absolute Gasteiger partial charge is 0.138 e. The topological polar surface area (TPSA) is 21.3 Å². The summed E-state index contributed by atoms with van der Waals surface area (Å²) < 4.78 is 6.56. The van der Waals surface area contributed by atoms with Crippen molar-refractivity contribution in [2.75, 3.05) is 11.9 Å². The molecule has 1 aromatic carbocycles. The van der Waals surface area contributed by atoms with Gasteiger partial charge in [0, 0.05) is 10.6 Å². The molecule has 1 aromatic heterocycles. The van der Waals surface area contributed by atoms with Crippen LogP contribution in [0.15, 0.2) is 34.1 Å². The van der Waals surface area contributed by atoms with E-state index in [9.17, 15) is 0 Å². The van der Waals surface area contributed by atoms with Crippen LogP contribution < -0.4 is 10.1 Å². The first-order valence-electron chi connectivity index (χ1n) is 6.04. The van der Waals surface area contributed by atoms with E-state index in [1.807, 2.05) is 25.1 Å². The highest BCUT2D eigenvalue weighted by atomic mass is 79.9. The van der Waals surface area contributed by atoms with Crippen molar-refractivity contribution in [1.29, 1.82) is 0 Å². The van der Waals surface area contributed by atoms with E-state index in [0.29, 0.717) is 11.6 Å². The van der Waals surface area contributed by atoms with Gasteiger partial charge in [-0.2, -0.15) is 0 Å². The maximum Gasteiger partial charge on any atom is 0.138 e. The third-order valence-corrected chi connectivity index (χ3v) is 4.74. The molecule has 1 N–H and O–H groups in total. The number of thiophene rings is 1. The van der Waals surface area contributed by atoms with E-state index in [-0.39, 0.29) is 6.04 Å². The number of hydrogen-bond acceptors (Lipinski definition) is 3. The molecule has 0 aliphatic rings. The summed E-state index contributed by atoms with van der Waals surface area (Å²) in [5, 5.41) is 4.06. The summed E-state index contributed by atoms with van der Waals surface area (Å²) in [6.07, 6.45) is 0. The van der Waals surface area contributed by atoms with Crippen LogP contribution in [0.2, 0.25) is 5.02 Å². The SMILES string of the molecule is CCOc1ccc(NC(C)c2ccc(Br)s2)cc1Cl. The number of halogens is 2. The van der Waals surface area contributed by atoms with E-state index in [1.54, 1.807) is 11.3 Å². The highest BCUT2D eigenvalue weighted by Crippen LogP contribution is 2.32. The number of benzene rings is 1. The first kappa shape index (κ1) is 14.7. The number of ether oxygens (including phenoxy) is 1. The van der Waals surface area contributed by atoms with E-state index in [2.05, 4.69) is 40.3 Å². The Hall–Kier alpha value is -0.710. The van der Waals surface area contributed by atoms with Crippen molar-refractivity contribution in [1.82, 2.24) is 0 Å². The number of anilines is 1. The molecule has 0 radical (unpaired) electrons. The van der Waals surface area contributed by atoms with Crippen molar-refractivity contribution in [2.45, 2.75) is 19.9 Å². The molecule has 0 saturated heterocycles. The second-order valence-electron chi connectivity index (χ2n) is 4.09. The monoisotopic (exact) mass is 359 g/mol. The van der Waals surface area contributed by atoms with Crippen LogP contribution in [0.25, 0.3) is 0 Å². The Balaban J connectivity index is 2.09. The first-order chi connectivity index (χ1) is 9.10. The Bertz CT molecular complexity index is 558. The van der Waals surface area contributed by atoms with Gasteiger partial charge in [-0.3, -0.25) is 0 Å². The molecule has 0 aliphatic carbocycles. The number of rotatable bonds is 5. The minimum Gasteiger partial charge on any atom is -0.492 e. The maximum absolute atomic E-state index is 6.17. The van der Waals surface area contributed by atoms with Crippen LogP contribution in [-0.4, -0.2) is 6.61 Å². The predicted octanol–water partition coefficient (Wildman–Crippen LogP) is 5.74. The standard InChI is InChI=1S/C14H15BrClNOS/c1-3-18-12-5-4-10(8-11(12)16)17-9(2)13-6-7-14(15)19-13/h4-9,17H,3H2,1-2H3. The highest BCUT2D eigenvalue weighted by molar-refractivity contribution is 9.11. The van der Waals surface area contributed by atoms with Crippen LogP contribution in [0.3, 0.4) is 0 Å². The molecule has 0 bridgehead atoms. The fourth-order valence-electron chi connectivity index (χ4n) is 1.75. The molecule has 1 atom stereocenters. The van der Waals surface area contributed by atoms with Gasteiger partial charge < -0.3 is 10.1 Å². The lowest BCUT2D eigenvalue weighted by atomic mass is 10.2. The molecule has 5 heteroatoms. The van der Waals surface area contributed by atoms with Crippen LogP contribution in [0.4, 0.5) is 5.69 Å². The summed E-state index contributed by atoms with van der Waals surface area (Å²) in [4.78, 5) is 1.27. The Morgan fingerprint density at radius 1 is 1.37 bits per heavy atom. The molecule has 19 heavy (non-hydrogen) atoms. The van der Waals surface area contributed by atoms with Gasteiger partial charge in [-0.25, -0.2) is 0 Å². The van der Waals surface area contributed by atoms with Crippen LogP contribution >= 0.6 is 38.9 Å². The molecule has 2 aromatic rings. The van der Waals surface area contributed by atoms with E-state index in [0.717, 1.165) is 15.2 Å². The molecule has 0 aliphatic heterocycles. The first-order valence-corrected chi connectivity index (χ1v) is 8.03. The van der Waals surface area contributed by atoms with Gasteiger partial charge in [0.25, 0.3) is 0 Å². The van der Waals surface area contributed by atoms with E-state index < -0.39 is 0 Å². The average molecular weight is 361 g/mol. The van der Waals surface area contributed by atoms with Crippen molar-refractivity contribution >= 4 is 44.6 Å². The Morgan fingerprint density at radius 2 is 2.16 bits per heavy atom. The second kappa shape index (κ2) is 6.64. The summed E-state index contributed by atoms with van der Waals surface area (Å²) >= 11 is 11.4. The zero-order valence-corrected chi connectivity index (χ0v) is 13.9. The van der Waals surface area contributed by atoms with Gasteiger partial charge in [-0.15, -0.1) is 11.3 Å². The summed E-state index contributed by atoms with van der Waals surface area (Å²) in [5.74, 6) is 0.723. The van der Waals surface area contributed by atoms with Crippen molar-refractivity contribution < 1.29 is 4.74 Å². The van der Waals surface area contributed by atoms with Crippen molar-refractivity contribution in [3.8, 4) is 5.75 Å². The Kier molecular flexibility index (Phi) is 5.13. The summed E-state index contributed by atoms with van der Waals surface area (Å²) in [6.45, 7) is 4.69. The fourth-order valence-corrected chi connectivity index (χ4v) is 3.41. The molecule has 2 rings (SSSR count). The second-order valence-corrected chi connectivity index (χ2v) is 6.99. The lowest BCUT2D eigenvalue weighted by Crippen LogP contribution is -2.04. The minimum absolute atomic E-state index is 0.241. The zero-order valence-electron chi connectivity index (χ0n) is 10.7. The number of hydrogen-bond donors (Lipinski definition) is 1. The van der Waals surface area contributed by atoms with Gasteiger partial charge in [-0.1, -0.05) is 11.6 Å². The average Bonchev–Trinajstić information content (AvgIpc) is 2.80. The molecular formula is C14H15BrClNOS. The fraction of sp³-hybridized carbons (Fsp3) is 0.286. The normalized spacial score (nSPS) is 12.2. The quantitative estimate of drug-likeness (QED) is 0.734. The maximum atomic E-state index is 6.17. The molecule has 2 nitrogen and oxygen atoms in total. The van der Waals surface area contributed by atoms with Gasteiger partial charge in [0.15, 0.2) is 0 Å². The molecule has 0 spiro atoms. The molecule has 1 heterocycles. The summed E-state index contributed by atoms with van der Waals surface area (Å²) in [5.41, 5.74) is 0.991. The molecule has 0 saturated carbocycles. The van der Waals surface area contributed by atoms with Gasteiger partial charge in [0.1, 0.15) is 5.75 Å². The third kappa shape index (κ3) is 3.88. The van der Waals surface area contributed by atoms with E-state index in [4.69, 9.17) is 16.3 Å². The largest absolute Gasteiger partial charge is 0.492 e. The molecule has 0 fully saturated rings. The van der Waals surface area contributed by atoms with Gasteiger partial charge in [0.05, 0.1) is 21.5 Å². The predicted molar refractivity (Wildman–Crippen MR) is 86.7 cm³/mol.